The van der Waals surface area contributed by atoms with Crippen LogP contribution in [-0.4, -0.2) is 8.07 Å². The van der Waals surface area contributed by atoms with Gasteiger partial charge in [0, 0.05) is 4.47 Å². The average molecular weight is 509 g/mol. The maximum Gasteiger partial charge on any atom is 0.179 e. The molecular formula is C30H22BrFSi. The Morgan fingerprint density at radius 2 is 0.909 bits per heavy atom. The fraction of sp³-hybridized carbons (Fsp3) is 0. The van der Waals surface area contributed by atoms with Crippen LogP contribution in [0.1, 0.15) is 0 Å². The fourth-order valence-electron chi connectivity index (χ4n) is 4.68. The van der Waals surface area contributed by atoms with E-state index in [-0.39, 0.29) is 5.82 Å². The molecule has 33 heavy (non-hydrogen) atoms. The summed E-state index contributed by atoms with van der Waals surface area (Å²) in [7, 11) is -2.53. The van der Waals surface area contributed by atoms with Gasteiger partial charge in [-0.15, -0.1) is 0 Å². The van der Waals surface area contributed by atoms with Crippen molar-refractivity contribution in [1.82, 2.24) is 0 Å². The summed E-state index contributed by atoms with van der Waals surface area (Å²) in [5.74, 6) is -0.237. The molecule has 0 atom stereocenters. The van der Waals surface area contributed by atoms with Crippen LogP contribution in [0, 0.1) is 5.82 Å². The highest BCUT2D eigenvalue weighted by Crippen LogP contribution is 2.28. The zero-order chi connectivity index (χ0) is 22.7. The maximum absolute atomic E-state index is 14.0. The molecule has 0 aromatic heterocycles. The molecule has 0 aliphatic rings. The molecular weight excluding hydrogens is 487 g/mol. The minimum absolute atomic E-state index is 0.237. The molecule has 0 bridgehead atoms. The van der Waals surface area contributed by atoms with Crippen molar-refractivity contribution in [2.45, 2.75) is 0 Å². The van der Waals surface area contributed by atoms with Crippen LogP contribution in [0.25, 0.3) is 11.1 Å². The molecule has 160 valence electrons. The quantitative estimate of drug-likeness (QED) is 0.213. The van der Waals surface area contributed by atoms with Crippen LogP contribution in [-0.2, 0) is 0 Å². The molecule has 0 spiro atoms. The fourth-order valence-corrected chi connectivity index (χ4v) is 9.90. The van der Waals surface area contributed by atoms with Crippen molar-refractivity contribution in [1.29, 1.82) is 0 Å². The molecule has 0 unspecified atom stereocenters. The third-order valence-corrected chi connectivity index (χ3v) is 11.7. The van der Waals surface area contributed by atoms with Gasteiger partial charge in [-0.1, -0.05) is 131 Å². The molecule has 0 N–H and O–H groups in total. The topological polar surface area (TPSA) is 0 Å². The zero-order valence-corrected chi connectivity index (χ0v) is 20.5. The molecule has 0 aliphatic carbocycles. The summed E-state index contributed by atoms with van der Waals surface area (Å²) in [4.78, 5) is 0. The Kier molecular flexibility index (Phi) is 6.08. The molecule has 0 fully saturated rings. The van der Waals surface area contributed by atoms with Gasteiger partial charge >= 0.3 is 0 Å². The summed E-state index contributed by atoms with van der Waals surface area (Å²) < 4.78 is 14.8. The van der Waals surface area contributed by atoms with Gasteiger partial charge in [-0.3, -0.25) is 0 Å². The molecule has 0 nitrogen and oxygen atoms in total. The van der Waals surface area contributed by atoms with Gasteiger partial charge in [0.1, 0.15) is 5.82 Å². The Morgan fingerprint density at radius 3 is 1.36 bits per heavy atom. The van der Waals surface area contributed by atoms with Gasteiger partial charge in [0.2, 0.25) is 0 Å². The molecule has 0 saturated heterocycles. The van der Waals surface area contributed by atoms with E-state index in [9.17, 15) is 4.39 Å². The largest absolute Gasteiger partial charge is 0.207 e. The predicted octanol–water partition coefficient (Wildman–Crippen LogP) is 5.63. The lowest BCUT2D eigenvalue weighted by molar-refractivity contribution is 0.628. The summed E-state index contributed by atoms with van der Waals surface area (Å²) in [6.45, 7) is 0. The lowest BCUT2D eigenvalue weighted by atomic mass is 10.1. The van der Waals surface area contributed by atoms with E-state index < -0.39 is 8.07 Å². The van der Waals surface area contributed by atoms with Crippen LogP contribution in [0.5, 0.6) is 0 Å². The molecule has 0 amide bonds. The first kappa shape index (κ1) is 21.6. The van der Waals surface area contributed by atoms with Gasteiger partial charge < -0.3 is 0 Å². The van der Waals surface area contributed by atoms with Crippen molar-refractivity contribution < 1.29 is 4.39 Å². The first-order valence-corrected chi connectivity index (χ1v) is 13.7. The summed E-state index contributed by atoms with van der Waals surface area (Å²) in [6, 6.07) is 46.0. The second-order valence-corrected chi connectivity index (χ2v) is 12.7. The first-order chi connectivity index (χ1) is 16.2. The SMILES string of the molecule is Fc1ccc(Br)c(-c2ccc([Si](c3ccccc3)(c3ccccc3)c3ccccc3)cc2)c1. The van der Waals surface area contributed by atoms with Crippen LogP contribution < -0.4 is 20.7 Å². The maximum atomic E-state index is 14.0. The van der Waals surface area contributed by atoms with E-state index in [0.717, 1.165) is 15.6 Å². The van der Waals surface area contributed by atoms with Gasteiger partial charge in [-0.2, -0.15) is 0 Å². The molecule has 5 rings (SSSR count). The third kappa shape index (κ3) is 3.99. The molecule has 0 aliphatic heterocycles. The Labute approximate surface area is 203 Å². The third-order valence-electron chi connectivity index (χ3n) is 6.18. The summed E-state index contributed by atoms with van der Waals surface area (Å²) in [6.07, 6.45) is 0. The Morgan fingerprint density at radius 1 is 0.485 bits per heavy atom. The van der Waals surface area contributed by atoms with Crippen molar-refractivity contribution in [2.24, 2.45) is 0 Å². The first-order valence-electron chi connectivity index (χ1n) is 10.9. The molecule has 0 saturated carbocycles. The van der Waals surface area contributed by atoms with Gasteiger partial charge in [-0.25, -0.2) is 4.39 Å². The zero-order valence-electron chi connectivity index (χ0n) is 18.0. The van der Waals surface area contributed by atoms with E-state index in [0.29, 0.717) is 0 Å². The summed E-state index contributed by atoms with van der Waals surface area (Å²) >= 11 is 3.58. The highest BCUT2D eigenvalue weighted by molar-refractivity contribution is 9.10. The Hall–Kier alpha value is -3.27. The van der Waals surface area contributed by atoms with Gasteiger partial charge in [-0.05, 0) is 50.1 Å². The molecule has 5 aromatic carbocycles. The van der Waals surface area contributed by atoms with Crippen LogP contribution in [0.15, 0.2) is 138 Å². The van der Waals surface area contributed by atoms with Gasteiger partial charge in [0.05, 0.1) is 0 Å². The second-order valence-electron chi connectivity index (χ2n) is 8.05. The van der Waals surface area contributed by atoms with E-state index in [1.165, 1.54) is 26.8 Å². The van der Waals surface area contributed by atoms with E-state index in [1.54, 1.807) is 12.1 Å². The normalized spacial score (nSPS) is 11.3. The average Bonchev–Trinajstić information content (AvgIpc) is 2.88. The molecule has 3 heteroatoms. The van der Waals surface area contributed by atoms with Gasteiger partial charge in [0.25, 0.3) is 0 Å². The second kappa shape index (κ2) is 9.30. The molecule has 0 heterocycles. The Balaban J connectivity index is 1.77. The molecule has 0 radical (unpaired) electrons. The summed E-state index contributed by atoms with van der Waals surface area (Å²) in [5, 5.41) is 5.30. The minimum atomic E-state index is -2.53. The van der Waals surface area contributed by atoms with Crippen LogP contribution in [0.2, 0.25) is 0 Å². The number of benzene rings is 5. The highest BCUT2D eigenvalue weighted by atomic mass is 79.9. The number of hydrogen-bond donors (Lipinski definition) is 0. The Bertz CT molecular complexity index is 1250. The number of hydrogen-bond acceptors (Lipinski definition) is 0. The molecule has 5 aromatic rings. The van der Waals surface area contributed by atoms with Crippen LogP contribution >= 0.6 is 15.9 Å². The standard InChI is InChI=1S/C30H22BrFSi/c31-30-21-18-24(32)22-29(30)23-16-19-28(20-17-23)33(25-10-4-1-5-11-25,26-12-6-2-7-13-26)27-14-8-3-9-15-27/h1-22H. The van der Waals surface area contributed by atoms with Crippen molar-refractivity contribution in [3.63, 3.8) is 0 Å². The van der Waals surface area contributed by atoms with Crippen LogP contribution in [0.4, 0.5) is 4.39 Å². The van der Waals surface area contributed by atoms with E-state index in [1.807, 2.05) is 0 Å². The monoisotopic (exact) mass is 508 g/mol. The highest BCUT2D eigenvalue weighted by Gasteiger charge is 2.41. The minimum Gasteiger partial charge on any atom is -0.207 e. The van der Waals surface area contributed by atoms with E-state index >= 15 is 0 Å². The van der Waals surface area contributed by atoms with Crippen LogP contribution in [0.3, 0.4) is 0 Å². The lowest BCUT2D eigenvalue weighted by Gasteiger charge is -2.34. The predicted molar refractivity (Wildman–Crippen MR) is 143 cm³/mol. The van der Waals surface area contributed by atoms with Crippen molar-refractivity contribution in [3.8, 4) is 11.1 Å². The number of rotatable bonds is 5. The lowest BCUT2D eigenvalue weighted by Crippen LogP contribution is -2.74. The number of halogens is 2. The summed E-state index contributed by atoms with van der Waals surface area (Å²) in [5.41, 5.74) is 1.84. The smallest absolute Gasteiger partial charge is 0.179 e. The van der Waals surface area contributed by atoms with E-state index in [2.05, 4.69) is 131 Å². The van der Waals surface area contributed by atoms with Gasteiger partial charge in [0.15, 0.2) is 8.07 Å². The van der Waals surface area contributed by atoms with E-state index in [4.69, 9.17) is 0 Å². The van der Waals surface area contributed by atoms with Crippen molar-refractivity contribution in [3.05, 3.63) is 144 Å². The van der Waals surface area contributed by atoms with Crippen molar-refractivity contribution >= 4 is 44.8 Å². The van der Waals surface area contributed by atoms with Crippen molar-refractivity contribution in [2.75, 3.05) is 0 Å².